The molecule has 0 spiro atoms. The van der Waals surface area contributed by atoms with Gasteiger partial charge in [0.25, 0.3) is 5.91 Å². The van der Waals surface area contributed by atoms with Crippen molar-refractivity contribution in [3.8, 4) is 5.69 Å². The summed E-state index contributed by atoms with van der Waals surface area (Å²) in [6, 6.07) is 7.56. The molecule has 134 valence electrons. The lowest BCUT2D eigenvalue weighted by molar-refractivity contribution is -0.137. The van der Waals surface area contributed by atoms with Crippen LogP contribution in [0.25, 0.3) is 5.69 Å². The van der Waals surface area contributed by atoms with Gasteiger partial charge < -0.3 is 5.32 Å². The van der Waals surface area contributed by atoms with Crippen LogP contribution in [0.15, 0.2) is 53.5 Å². The Hall–Kier alpha value is -2.39. The minimum Gasteiger partial charge on any atom is -0.320 e. The first-order valence-electron chi connectivity index (χ1n) is 7.08. The molecule has 1 N–H and O–H groups in total. The van der Waals surface area contributed by atoms with Gasteiger partial charge in [-0.15, -0.1) is 0 Å². The summed E-state index contributed by atoms with van der Waals surface area (Å²) in [4.78, 5) is 16.3. The van der Waals surface area contributed by atoms with Crippen molar-refractivity contribution >= 4 is 39.1 Å². The summed E-state index contributed by atoms with van der Waals surface area (Å²) in [6.07, 6.45) is -2.02. The molecule has 0 radical (unpaired) electrons. The van der Waals surface area contributed by atoms with Gasteiger partial charge in [0.05, 0.1) is 27.5 Å². The molecule has 10 heteroatoms. The topological polar surface area (TPSA) is 59.8 Å². The third-order valence-corrected chi connectivity index (χ3v) is 4.23. The highest BCUT2D eigenvalue weighted by Gasteiger charge is 2.31. The molecule has 3 aromatic rings. The van der Waals surface area contributed by atoms with Gasteiger partial charge >= 0.3 is 6.18 Å². The Labute approximate surface area is 158 Å². The summed E-state index contributed by atoms with van der Waals surface area (Å²) in [7, 11) is 0. The maximum Gasteiger partial charge on any atom is 0.416 e. The molecule has 0 fully saturated rings. The van der Waals surface area contributed by atoms with Gasteiger partial charge in [0.1, 0.15) is 12.7 Å². The number of amides is 1. The van der Waals surface area contributed by atoms with E-state index in [0.29, 0.717) is 4.47 Å². The van der Waals surface area contributed by atoms with Crippen molar-refractivity contribution in [2.45, 2.75) is 6.18 Å². The smallest absolute Gasteiger partial charge is 0.320 e. The highest BCUT2D eigenvalue weighted by Crippen LogP contribution is 2.33. The van der Waals surface area contributed by atoms with Crippen molar-refractivity contribution in [2.75, 3.05) is 5.32 Å². The fourth-order valence-electron chi connectivity index (χ4n) is 2.21. The Kier molecular flexibility index (Phi) is 5.01. The number of rotatable bonds is 3. The van der Waals surface area contributed by atoms with Crippen molar-refractivity contribution in [1.29, 1.82) is 0 Å². The first kappa shape index (κ1) is 18.4. The summed E-state index contributed by atoms with van der Waals surface area (Å²) in [5.74, 6) is -0.656. The van der Waals surface area contributed by atoms with E-state index in [0.717, 1.165) is 12.1 Å². The van der Waals surface area contributed by atoms with Gasteiger partial charge in [-0.25, -0.2) is 9.67 Å². The van der Waals surface area contributed by atoms with Gasteiger partial charge in [0.15, 0.2) is 0 Å². The summed E-state index contributed by atoms with van der Waals surface area (Å²) < 4.78 is 41.0. The van der Waals surface area contributed by atoms with Crippen LogP contribution in [0.1, 0.15) is 15.9 Å². The van der Waals surface area contributed by atoms with E-state index < -0.39 is 17.6 Å². The second-order valence-corrected chi connectivity index (χ2v) is 6.47. The normalized spacial score (nSPS) is 11.4. The second-order valence-electron chi connectivity index (χ2n) is 5.15. The van der Waals surface area contributed by atoms with Crippen LogP contribution in [-0.4, -0.2) is 20.7 Å². The largest absolute Gasteiger partial charge is 0.416 e. The summed E-state index contributed by atoms with van der Waals surface area (Å²) in [5.41, 5.74) is -0.638. The molecule has 0 bridgehead atoms. The SMILES string of the molecule is O=C(Nc1cc(C(F)(F)F)ccc1-n1cncn1)c1cc(Br)ccc1Cl. The van der Waals surface area contributed by atoms with Crippen molar-refractivity contribution in [3.63, 3.8) is 0 Å². The van der Waals surface area contributed by atoms with Crippen LogP contribution in [0.4, 0.5) is 18.9 Å². The summed E-state index contributed by atoms with van der Waals surface area (Å²) in [6.45, 7) is 0. The summed E-state index contributed by atoms with van der Waals surface area (Å²) >= 11 is 9.24. The number of carbonyl (C=O) groups is 1. The van der Waals surface area contributed by atoms with Crippen LogP contribution in [0.3, 0.4) is 0 Å². The zero-order valence-corrected chi connectivity index (χ0v) is 15.1. The Bertz CT molecular complexity index is 961. The first-order valence-corrected chi connectivity index (χ1v) is 8.25. The van der Waals surface area contributed by atoms with E-state index in [1.807, 2.05) is 0 Å². The molecule has 3 rings (SSSR count). The predicted molar refractivity (Wildman–Crippen MR) is 93.5 cm³/mol. The maximum atomic E-state index is 13.0. The minimum absolute atomic E-state index is 0.0774. The number of aromatic nitrogens is 3. The van der Waals surface area contributed by atoms with Gasteiger partial charge in [-0.3, -0.25) is 4.79 Å². The molecule has 1 aromatic heterocycles. The number of halogens is 5. The van der Waals surface area contributed by atoms with E-state index in [1.54, 1.807) is 6.07 Å². The molecule has 0 unspecified atom stereocenters. The third-order valence-electron chi connectivity index (χ3n) is 3.41. The average Bonchev–Trinajstić information content (AvgIpc) is 3.10. The number of benzene rings is 2. The highest BCUT2D eigenvalue weighted by molar-refractivity contribution is 9.10. The van der Waals surface area contributed by atoms with Crippen molar-refractivity contribution in [1.82, 2.24) is 14.8 Å². The summed E-state index contributed by atoms with van der Waals surface area (Å²) in [5, 5.41) is 6.52. The quantitative estimate of drug-likeness (QED) is 0.620. The standard InChI is InChI=1S/C16H9BrClF3N4O/c17-10-2-3-12(18)11(6-10)15(26)24-13-5-9(16(19,20)21)1-4-14(13)25-8-22-7-23-25/h1-8H,(H,24,26). The third kappa shape index (κ3) is 3.88. The van der Waals surface area contributed by atoms with Crippen molar-refractivity contribution in [2.24, 2.45) is 0 Å². The number of nitrogens with zero attached hydrogens (tertiary/aromatic N) is 3. The second kappa shape index (κ2) is 7.08. The molecule has 0 saturated carbocycles. The number of anilines is 1. The lowest BCUT2D eigenvalue weighted by atomic mass is 10.1. The van der Waals surface area contributed by atoms with E-state index in [-0.39, 0.29) is 22.0 Å². The zero-order valence-electron chi connectivity index (χ0n) is 12.8. The molecule has 0 aliphatic rings. The van der Waals surface area contributed by atoms with E-state index in [4.69, 9.17) is 11.6 Å². The molecule has 0 aliphatic heterocycles. The number of alkyl halides is 3. The molecule has 26 heavy (non-hydrogen) atoms. The molecule has 2 aromatic carbocycles. The highest BCUT2D eigenvalue weighted by atomic mass is 79.9. The van der Waals surface area contributed by atoms with E-state index in [9.17, 15) is 18.0 Å². The molecule has 1 amide bonds. The van der Waals surface area contributed by atoms with E-state index in [1.165, 1.54) is 35.5 Å². The van der Waals surface area contributed by atoms with Crippen LogP contribution >= 0.6 is 27.5 Å². The fraction of sp³-hybridized carbons (Fsp3) is 0.0625. The molecule has 1 heterocycles. The average molecular weight is 446 g/mol. The lowest BCUT2D eigenvalue weighted by Gasteiger charge is -2.15. The monoisotopic (exact) mass is 444 g/mol. The number of carbonyl (C=O) groups excluding carboxylic acids is 1. The Balaban J connectivity index is 2.04. The van der Waals surface area contributed by atoms with Gasteiger partial charge in [0, 0.05) is 4.47 Å². The molecule has 0 atom stereocenters. The van der Waals surface area contributed by atoms with Crippen LogP contribution < -0.4 is 5.32 Å². The number of hydrogen-bond acceptors (Lipinski definition) is 3. The van der Waals surface area contributed by atoms with Crippen LogP contribution in [-0.2, 0) is 6.18 Å². The predicted octanol–water partition coefficient (Wildman–Crippen LogP) is 4.95. The van der Waals surface area contributed by atoms with Gasteiger partial charge in [0.2, 0.25) is 0 Å². The molecule has 5 nitrogen and oxygen atoms in total. The van der Waals surface area contributed by atoms with Gasteiger partial charge in [-0.05, 0) is 36.4 Å². The van der Waals surface area contributed by atoms with Crippen LogP contribution in [0.2, 0.25) is 5.02 Å². The Morgan fingerprint density at radius 2 is 1.96 bits per heavy atom. The molecular weight excluding hydrogens is 437 g/mol. The van der Waals surface area contributed by atoms with Crippen molar-refractivity contribution < 1.29 is 18.0 Å². The molecule has 0 saturated heterocycles. The van der Waals surface area contributed by atoms with Crippen LogP contribution in [0.5, 0.6) is 0 Å². The first-order chi connectivity index (χ1) is 12.3. The van der Waals surface area contributed by atoms with E-state index in [2.05, 4.69) is 31.3 Å². The zero-order chi connectivity index (χ0) is 18.9. The van der Waals surface area contributed by atoms with Crippen molar-refractivity contribution in [3.05, 3.63) is 69.7 Å². The fourth-order valence-corrected chi connectivity index (χ4v) is 2.77. The Morgan fingerprint density at radius 3 is 2.62 bits per heavy atom. The Morgan fingerprint density at radius 1 is 1.19 bits per heavy atom. The lowest BCUT2D eigenvalue weighted by Crippen LogP contribution is -2.16. The number of hydrogen-bond donors (Lipinski definition) is 1. The van der Waals surface area contributed by atoms with E-state index >= 15 is 0 Å². The molecule has 0 aliphatic carbocycles. The van der Waals surface area contributed by atoms with Gasteiger partial charge in [-0.2, -0.15) is 18.3 Å². The number of nitrogens with one attached hydrogen (secondary N) is 1. The minimum atomic E-state index is -4.56. The molecular formula is C16H9BrClF3N4O. The van der Waals surface area contributed by atoms with Gasteiger partial charge in [-0.1, -0.05) is 27.5 Å². The van der Waals surface area contributed by atoms with Crippen LogP contribution in [0, 0.1) is 0 Å². The maximum absolute atomic E-state index is 13.0.